The van der Waals surface area contributed by atoms with Crippen LogP contribution in [0.2, 0.25) is 0 Å². The van der Waals surface area contributed by atoms with E-state index in [0.717, 1.165) is 66.0 Å². The predicted molar refractivity (Wildman–Crippen MR) is 226 cm³/mol. The molecule has 0 unspecified atom stereocenters. The Hall–Kier alpha value is -7.15. The summed E-state index contributed by atoms with van der Waals surface area (Å²) in [6, 6.07) is 64.5. The molecule has 258 valence electrons. The van der Waals surface area contributed by atoms with E-state index >= 15 is 0 Å². The number of hydrogen-bond acceptors (Lipinski definition) is 6. The number of aromatic nitrogens is 5. The highest BCUT2D eigenvalue weighted by atomic mass is 32.1. The zero-order valence-electron chi connectivity index (χ0n) is 29.5. The fourth-order valence-electron chi connectivity index (χ4n) is 7.08. The van der Waals surface area contributed by atoms with Crippen molar-refractivity contribution in [2.24, 2.45) is 0 Å². The summed E-state index contributed by atoms with van der Waals surface area (Å²) in [5.74, 6) is 2.64. The molecule has 6 heteroatoms. The molecule has 0 aliphatic rings. The van der Waals surface area contributed by atoms with Crippen molar-refractivity contribution in [3.05, 3.63) is 188 Å². The van der Waals surface area contributed by atoms with Crippen molar-refractivity contribution in [1.29, 1.82) is 0 Å². The quantitative estimate of drug-likeness (QED) is 0.164. The molecular formula is C49H31N5S. The molecule has 10 rings (SSSR count). The molecule has 5 nitrogen and oxygen atoms in total. The molecule has 0 saturated heterocycles. The monoisotopic (exact) mass is 721 g/mol. The fraction of sp³-hybridized carbons (Fsp3) is 0. The van der Waals surface area contributed by atoms with Gasteiger partial charge in [0.2, 0.25) is 0 Å². The summed E-state index contributed by atoms with van der Waals surface area (Å²) in [6.45, 7) is 0. The Labute approximate surface area is 322 Å². The van der Waals surface area contributed by atoms with Crippen LogP contribution < -0.4 is 0 Å². The molecule has 10 aromatic rings. The van der Waals surface area contributed by atoms with Gasteiger partial charge in [0, 0.05) is 53.6 Å². The van der Waals surface area contributed by atoms with Crippen LogP contribution >= 0.6 is 11.3 Å². The minimum Gasteiger partial charge on any atom is -0.228 e. The Morgan fingerprint density at radius 3 is 1.35 bits per heavy atom. The highest BCUT2D eigenvalue weighted by Crippen LogP contribution is 2.42. The summed E-state index contributed by atoms with van der Waals surface area (Å²) < 4.78 is 2.33. The number of benzene rings is 7. The third-order valence-electron chi connectivity index (χ3n) is 9.78. The van der Waals surface area contributed by atoms with Crippen molar-refractivity contribution in [3.63, 3.8) is 0 Å². The fourth-order valence-corrected chi connectivity index (χ4v) is 8.27. The minimum absolute atomic E-state index is 0.649. The zero-order chi connectivity index (χ0) is 36.6. The van der Waals surface area contributed by atoms with Crippen LogP contribution in [0.3, 0.4) is 0 Å². The van der Waals surface area contributed by atoms with Gasteiger partial charge in [0.05, 0.1) is 11.4 Å². The Kier molecular flexibility index (Phi) is 8.28. The van der Waals surface area contributed by atoms with Crippen LogP contribution in [0.15, 0.2) is 188 Å². The summed E-state index contributed by atoms with van der Waals surface area (Å²) in [5, 5.41) is 2.34. The molecular weight excluding hydrogens is 691 g/mol. The second-order valence-corrected chi connectivity index (χ2v) is 14.3. The van der Waals surface area contributed by atoms with E-state index in [9.17, 15) is 0 Å². The molecule has 0 fully saturated rings. The minimum atomic E-state index is 0.649. The highest BCUT2D eigenvalue weighted by Gasteiger charge is 2.19. The van der Waals surface area contributed by atoms with Gasteiger partial charge in [-0.3, -0.25) is 0 Å². The lowest BCUT2D eigenvalue weighted by Crippen LogP contribution is -2.00. The van der Waals surface area contributed by atoms with Gasteiger partial charge in [-0.1, -0.05) is 164 Å². The molecule has 55 heavy (non-hydrogen) atoms. The maximum Gasteiger partial charge on any atom is 0.165 e. The van der Waals surface area contributed by atoms with E-state index in [1.54, 1.807) is 11.3 Å². The average molecular weight is 722 g/mol. The molecule has 0 aliphatic carbocycles. The van der Waals surface area contributed by atoms with E-state index in [0.29, 0.717) is 23.3 Å². The molecule has 0 bridgehead atoms. The van der Waals surface area contributed by atoms with Crippen LogP contribution in [-0.4, -0.2) is 24.9 Å². The predicted octanol–water partition coefficient (Wildman–Crippen LogP) is 12.7. The molecule has 0 aliphatic heterocycles. The van der Waals surface area contributed by atoms with Gasteiger partial charge in [-0.15, -0.1) is 11.3 Å². The largest absolute Gasteiger partial charge is 0.228 e. The molecule has 0 atom stereocenters. The Balaban J connectivity index is 1.11. The number of hydrogen-bond donors (Lipinski definition) is 0. The summed E-state index contributed by atoms with van der Waals surface area (Å²) in [5.41, 5.74) is 9.89. The van der Waals surface area contributed by atoms with Gasteiger partial charge in [-0.05, 0) is 35.4 Å². The van der Waals surface area contributed by atoms with Crippen molar-refractivity contribution in [2.75, 3.05) is 0 Å². The maximum atomic E-state index is 5.16. The smallest absolute Gasteiger partial charge is 0.165 e. The van der Waals surface area contributed by atoms with Crippen molar-refractivity contribution in [1.82, 2.24) is 24.9 Å². The van der Waals surface area contributed by atoms with Gasteiger partial charge in [0.25, 0.3) is 0 Å². The first-order chi connectivity index (χ1) is 27.2. The van der Waals surface area contributed by atoms with Crippen LogP contribution in [0.25, 0.3) is 99.4 Å². The molecule has 3 heterocycles. The van der Waals surface area contributed by atoms with E-state index in [-0.39, 0.29) is 0 Å². The van der Waals surface area contributed by atoms with Gasteiger partial charge in [0.1, 0.15) is 0 Å². The first kappa shape index (κ1) is 32.5. The normalized spacial score (nSPS) is 11.3. The van der Waals surface area contributed by atoms with Gasteiger partial charge >= 0.3 is 0 Å². The molecule has 0 amide bonds. The zero-order valence-corrected chi connectivity index (χ0v) is 30.4. The summed E-state index contributed by atoms with van der Waals surface area (Å²) in [7, 11) is 0. The van der Waals surface area contributed by atoms with E-state index in [2.05, 4.69) is 91.0 Å². The summed E-state index contributed by atoms with van der Waals surface area (Å²) in [6.07, 6.45) is 0. The molecule has 0 spiro atoms. The van der Waals surface area contributed by atoms with Crippen molar-refractivity contribution < 1.29 is 0 Å². The molecule has 0 N–H and O–H groups in total. The lowest BCUT2D eigenvalue weighted by atomic mass is 9.97. The van der Waals surface area contributed by atoms with Crippen molar-refractivity contribution in [2.45, 2.75) is 0 Å². The third-order valence-corrected chi connectivity index (χ3v) is 11.0. The second-order valence-electron chi connectivity index (χ2n) is 13.3. The lowest BCUT2D eigenvalue weighted by Gasteiger charge is -2.13. The van der Waals surface area contributed by atoms with E-state index in [1.807, 2.05) is 97.1 Å². The molecule has 0 radical (unpaired) electrons. The van der Waals surface area contributed by atoms with Crippen molar-refractivity contribution >= 4 is 31.5 Å². The number of rotatable bonds is 7. The second kappa shape index (κ2) is 14.0. The van der Waals surface area contributed by atoms with Gasteiger partial charge in [0.15, 0.2) is 23.3 Å². The van der Waals surface area contributed by atoms with Crippen LogP contribution in [0.1, 0.15) is 0 Å². The SMILES string of the molecule is c1ccc(-c2cc(-c3ccccc3)nc(-c3ccccc3-c3ccc4sc5c(-c6nc(-c7ccccc7)nc(-c7ccccc7)n6)cccc5c4c3)n2)cc1. The Morgan fingerprint density at radius 2 is 0.764 bits per heavy atom. The summed E-state index contributed by atoms with van der Waals surface area (Å²) in [4.78, 5) is 25.4. The number of thiophene rings is 1. The number of fused-ring (bicyclic) bond motifs is 3. The van der Waals surface area contributed by atoms with Crippen LogP contribution in [-0.2, 0) is 0 Å². The molecule has 7 aromatic carbocycles. The van der Waals surface area contributed by atoms with Crippen LogP contribution in [0, 0.1) is 0 Å². The van der Waals surface area contributed by atoms with E-state index in [1.165, 1.54) is 10.1 Å². The van der Waals surface area contributed by atoms with Gasteiger partial charge < -0.3 is 0 Å². The van der Waals surface area contributed by atoms with E-state index in [4.69, 9.17) is 24.9 Å². The molecule has 0 saturated carbocycles. The third kappa shape index (κ3) is 6.24. The first-order valence-electron chi connectivity index (χ1n) is 18.2. The van der Waals surface area contributed by atoms with Crippen LogP contribution in [0.5, 0.6) is 0 Å². The standard InChI is InChI=1S/C49H31N5S/c1-5-16-32(17-6-1)42-31-43(33-18-7-2-8-19-33)51-48(50-42)39-25-14-13-24-37(39)36-28-29-44-41(30-36)38-26-15-27-40(45(38)55-44)49-53-46(34-20-9-3-10-21-34)52-47(54-49)35-22-11-4-12-23-35/h1-31H. The first-order valence-corrected chi connectivity index (χ1v) is 19.0. The topological polar surface area (TPSA) is 64.5 Å². The van der Waals surface area contributed by atoms with Gasteiger partial charge in [-0.25, -0.2) is 24.9 Å². The maximum absolute atomic E-state index is 5.16. The Bertz CT molecular complexity index is 2850. The van der Waals surface area contributed by atoms with E-state index < -0.39 is 0 Å². The van der Waals surface area contributed by atoms with Crippen LogP contribution in [0.4, 0.5) is 0 Å². The number of nitrogens with zero attached hydrogens (tertiary/aromatic N) is 5. The van der Waals surface area contributed by atoms with Gasteiger partial charge in [-0.2, -0.15) is 0 Å². The molecule has 3 aromatic heterocycles. The highest BCUT2D eigenvalue weighted by molar-refractivity contribution is 7.26. The lowest BCUT2D eigenvalue weighted by molar-refractivity contribution is 1.08. The average Bonchev–Trinajstić information content (AvgIpc) is 3.65. The summed E-state index contributed by atoms with van der Waals surface area (Å²) >= 11 is 1.76. The van der Waals surface area contributed by atoms with Crippen molar-refractivity contribution in [3.8, 4) is 79.2 Å². The Morgan fingerprint density at radius 1 is 0.291 bits per heavy atom.